The number of aromatic nitrogens is 1. The van der Waals surface area contributed by atoms with E-state index in [4.69, 9.17) is 9.52 Å². The van der Waals surface area contributed by atoms with Crippen LogP contribution in [0.25, 0.3) is 0 Å². The lowest BCUT2D eigenvalue weighted by Gasteiger charge is -2.14. The number of hydrogen-bond acceptors (Lipinski definition) is 5. The molecule has 1 unspecified atom stereocenters. The van der Waals surface area contributed by atoms with Crippen LogP contribution in [-0.2, 0) is 15.3 Å². The third kappa shape index (κ3) is 2.90. The fraction of sp³-hybridized carbons (Fsp3) is 0.636. The van der Waals surface area contributed by atoms with Crippen molar-refractivity contribution in [3.05, 3.63) is 17.3 Å². The Kier molecular flexibility index (Phi) is 3.58. The van der Waals surface area contributed by atoms with Crippen LogP contribution in [0.5, 0.6) is 0 Å². The van der Waals surface area contributed by atoms with Gasteiger partial charge in [-0.1, -0.05) is 20.8 Å². The molecule has 6 nitrogen and oxygen atoms in total. The van der Waals surface area contributed by atoms with Gasteiger partial charge in [-0.25, -0.2) is 18.2 Å². The second-order valence-electron chi connectivity index (χ2n) is 5.26. The summed E-state index contributed by atoms with van der Waals surface area (Å²) < 4.78 is 27.9. The molecule has 18 heavy (non-hydrogen) atoms. The molecule has 0 amide bonds. The quantitative estimate of drug-likeness (QED) is 0.902. The lowest BCUT2D eigenvalue weighted by Crippen LogP contribution is -2.16. The number of aromatic carboxylic acids is 1. The third-order valence-corrected chi connectivity index (χ3v) is 4.02. The molecule has 0 aliphatic heterocycles. The minimum Gasteiger partial charge on any atom is -0.475 e. The van der Waals surface area contributed by atoms with Crippen molar-refractivity contribution in [3.63, 3.8) is 0 Å². The van der Waals surface area contributed by atoms with Gasteiger partial charge in [-0.05, 0) is 6.92 Å². The Morgan fingerprint density at radius 2 is 1.89 bits per heavy atom. The first-order chi connectivity index (χ1) is 7.94. The van der Waals surface area contributed by atoms with Gasteiger partial charge >= 0.3 is 5.97 Å². The van der Waals surface area contributed by atoms with Crippen LogP contribution in [0.15, 0.2) is 4.42 Å². The van der Waals surface area contributed by atoms with Crippen LogP contribution in [0, 0.1) is 0 Å². The third-order valence-electron chi connectivity index (χ3n) is 2.54. The van der Waals surface area contributed by atoms with E-state index < -0.39 is 26.5 Å². The molecule has 1 heterocycles. The highest BCUT2D eigenvalue weighted by atomic mass is 32.2. The van der Waals surface area contributed by atoms with E-state index in [9.17, 15) is 13.2 Å². The molecule has 1 atom stereocenters. The second-order valence-corrected chi connectivity index (χ2v) is 7.62. The molecule has 7 heteroatoms. The molecule has 1 rings (SSSR count). The lowest BCUT2D eigenvalue weighted by molar-refractivity contribution is 0.0656. The number of rotatable bonds is 3. The van der Waals surface area contributed by atoms with Gasteiger partial charge in [0.2, 0.25) is 11.7 Å². The van der Waals surface area contributed by atoms with E-state index >= 15 is 0 Å². The summed E-state index contributed by atoms with van der Waals surface area (Å²) >= 11 is 0. The molecule has 0 radical (unpaired) electrons. The second kappa shape index (κ2) is 4.38. The van der Waals surface area contributed by atoms with Crippen LogP contribution in [-0.4, -0.2) is 30.7 Å². The first-order valence-electron chi connectivity index (χ1n) is 5.38. The largest absolute Gasteiger partial charge is 0.475 e. The number of hydrogen-bond donors (Lipinski definition) is 1. The van der Waals surface area contributed by atoms with Crippen molar-refractivity contribution in [1.29, 1.82) is 0 Å². The molecule has 0 aliphatic rings. The molecule has 1 N–H and O–H groups in total. The fourth-order valence-electron chi connectivity index (χ4n) is 1.35. The molecule has 0 saturated carbocycles. The first kappa shape index (κ1) is 14.7. The summed E-state index contributed by atoms with van der Waals surface area (Å²) in [4.78, 5) is 15.1. The molecule has 0 aliphatic carbocycles. The molecule has 0 bridgehead atoms. The molecule has 0 fully saturated rings. The van der Waals surface area contributed by atoms with Gasteiger partial charge in [-0.15, -0.1) is 0 Å². The van der Waals surface area contributed by atoms with Crippen LogP contribution in [0.3, 0.4) is 0 Å². The molecule has 0 spiro atoms. The molecule has 0 aromatic carbocycles. The molecule has 1 aromatic heterocycles. The summed E-state index contributed by atoms with van der Waals surface area (Å²) in [6, 6.07) is 0. The minimum absolute atomic E-state index is 0.0835. The Hall–Kier alpha value is -1.37. The summed E-state index contributed by atoms with van der Waals surface area (Å²) in [5.41, 5.74) is -0.285. The van der Waals surface area contributed by atoms with E-state index in [0.29, 0.717) is 0 Å². The number of carbonyl (C=O) groups is 1. The number of carboxylic acid groups (broad SMARTS) is 1. The summed E-state index contributed by atoms with van der Waals surface area (Å²) in [6.45, 7) is 6.77. The summed E-state index contributed by atoms with van der Waals surface area (Å²) in [6.07, 6.45) is 1.05. The van der Waals surface area contributed by atoms with Crippen LogP contribution in [0.1, 0.15) is 55.1 Å². The maximum absolute atomic E-state index is 11.4. The van der Waals surface area contributed by atoms with Crippen molar-refractivity contribution in [1.82, 2.24) is 4.98 Å². The highest BCUT2D eigenvalue weighted by Gasteiger charge is 2.32. The van der Waals surface area contributed by atoms with Gasteiger partial charge in [0, 0.05) is 11.7 Å². The zero-order chi connectivity index (χ0) is 14.3. The van der Waals surface area contributed by atoms with Gasteiger partial charge < -0.3 is 9.52 Å². The van der Waals surface area contributed by atoms with Gasteiger partial charge in [0.25, 0.3) is 0 Å². The van der Waals surface area contributed by atoms with Gasteiger partial charge in [-0.3, -0.25) is 0 Å². The summed E-state index contributed by atoms with van der Waals surface area (Å²) in [5, 5.41) is 8.08. The topological polar surface area (TPSA) is 97.5 Å². The number of oxazole rings is 1. The molecule has 1 aromatic rings. The first-order valence-corrected chi connectivity index (χ1v) is 7.33. The van der Waals surface area contributed by atoms with E-state index in [1.807, 2.05) is 0 Å². The standard InChI is InChI=1S/C11H17NO5S/c1-6(18(5,15)16)9-12-8(11(2,3)4)7(17-9)10(13)14/h6H,1-5H3,(H,13,14). The van der Waals surface area contributed by atoms with Crippen molar-refractivity contribution >= 4 is 15.8 Å². The van der Waals surface area contributed by atoms with Crippen LogP contribution < -0.4 is 0 Å². The Balaban J connectivity index is 3.41. The predicted molar refractivity (Wildman–Crippen MR) is 65.4 cm³/mol. The van der Waals surface area contributed by atoms with E-state index in [0.717, 1.165) is 6.26 Å². The van der Waals surface area contributed by atoms with Gasteiger partial charge in [-0.2, -0.15) is 0 Å². The zero-order valence-electron chi connectivity index (χ0n) is 11.0. The number of sulfone groups is 1. The predicted octanol–water partition coefficient (Wildman–Crippen LogP) is 1.78. The van der Waals surface area contributed by atoms with E-state index in [1.165, 1.54) is 6.92 Å². The molecular formula is C11H17NO5S. The van der Waals surface area contributed by atoms with Crippen molar-refractivity contribution in [2.24, 2.45) is 0 Å². The van der Waals surface area contributed by atoms with Crippen LogP contribution in [0.2, 0.25) is 0 Å². The highest BCUT2D eigenvalue weighted by Crippen LogP contribution is 2.30. The number of carboxylic acids is 1. The van der Waals surface area contributed by atoms with Crippen molar-refractivity contribution in [3.8, 4) is 0 Å². The maximum atomic E-state index is 11.4. The fourth-order valence-corrected chi connectivity index (χ4v) is 1.81. The molecule has 0 saturated heterocycles. The van der Waals surface area contributed by atoms with Crippen molar-refractivity contribution in [2.45, 2.75) is 38.4 Å². The number of nitrogens with zero attached hydrogens (tertiary/aromatic N) is 1. The van der Waals surface area contributed by atoms with Gasteiger partial charge in [0.05, 0.1) is 5.69 Å². The van der Waals surface area contributed by atoms with Crippen LogP contribution >= 0.6 is 0 Å². The van der Waals surface area contributed by atoms with Gasteiger partial charge in [0.1, 0.15) is 5.25 Å². The zero-order valence-corrected chi connectivity index (χ0v) is 11.8. The minimum atomic E-state index is -3.38. The van der Waals surface area contributed by atoms with E-state index in [-0.39, 0.29) is 17.3 Å². The van der Waals surface area contributed by atoms with Crippen LogP contribution in [0.4, 0.5) is 0 Å². The lowest BCUT2D eigenvalue weighted by atomic mass is 9.91. The SMILES string of the molecule is CC(c1nc(C(C)(C)C)c(C(=O)O)o1)S(C)(=O)=O. The Labute approximate surface area is 106 Å². The smallest absolute Gasteiger partial charge is 0.373 e. The van der Waals surface area contributed by atoms with Gasteiger partial charge in [0.15, 0.2) is 9.84 Å². The van der Waals surface area contributed by atoms with E-state index in [1.54, 1.807) is 20.8 Å². The Morgan fingerprint density at radius 3 is 2.17 bits per heavy atom. The van der Waals surface area contributed by atoms with Crippen molar-refractivity contribution in [2.75, 3.05) is 6.26 Å². The monoisotopic (exact) mass is 275 g/mol. The summed E-state index contributed by atoms with van der Waals surface area (Å²) in [5.74, 6) is -1.63. The molecular weight excluding hydrogens is 258 g/mol. The normalized spacial score (nSPS) is 14.5. The van der Waals surface area contributed by atoms with E-state index in [2.05, 4.69) is 4.98 Å². The Bertz CT molecular complexity index is 565. The Morgan fingerprint density at radius 1 is 1.39 bits per heavy atom. The maximum Gasteiger partial charge on any atom is 0.373 e. The summed E-state index contributed by atoms with van der Waals surface area (Å²) in [7, 11) is -3.38. The van der Waals surface area contributed by atoms with Crippen molar-refractivity contribution < 1.29 is 22.7 Å². The molecule has 102 valence electrons. The average Bonchev–Trinajstić information content (AvgIpc) is 2.58. The average molecular weight is 275 g/mol. The highest BCUT2D eigenvalue weighted by molar-refractivity contribution is 7.90.